The van der Waals surface area contributed by atoms with Gasteiger partial charge in [-0.2, -0.15) is 0 Å². The van der Waals surface area contributed by atoms with Gasteiger partial charge in [-0.25, -0.2) is 0 Å². The summed E-state index contributed by atoms with van der Waals surface area (Å²) in [5.74, 6) is 0.317. The van der Waals surface area contributed by atoms with Gasteiger partial charge < -0.3 is 4.74 Å². The van der Waals surface area contributed by atoms with Gasteiger partial charge in [0.2, 0.25) is 0 Å². The lowest BCUT2D eigenvalue weighted by atomic mass is 9.59. The second-order valence-corrected chi connectivity index (χ2v) is 8.24. The summed E-state index contributed by atoms with van der Waals surface area (Å²) >= 11 is 0. The number of ketones is 1. The van der Waals surface area contributed by atoms with Crippen molar-refractivity contribution >= 4 is 11.8 Å². The molecule has 5 rings (SSSR count). The summed E-state index contributed by atoms with van der Waals surface area (Å²) < 4.78 is 5.37. The Morgan fingerprint density at radius 1 is 1.18 bits per heavy atom. The van der Waals surface area contributed by atoms with Crippen LogP contribution in [0.4, 0.5) is 0 Å². The van der Waals surface area contributed by atoms with Crippen LogP contribution >= 0.6 is 0 Å². The number of rotatable bonds is 2. The van der Waals surface area contributed by atoms with Crippen molar-refractivity contribution in [3.8, 4) is 0 Å². The minimum absolute atomic E-state index is 0.0471. The molecule has 122 valence electrons. The summed E-state index contributed by atoms with van der Waals surface area (Å²) in [5.41, 5.74) is -0.720. The Morgan fingerprint density at radius 2 is 1.73 bits per heavy atom. The molecule has 0 amide bonds. The van der Waals surface area contributed by atoms with Crippen LogP contribution in [0.15, 0.2) is 0 Å². The Bertz CT molecular complexity index is 504. The monoisotopic (exact) mass is 306 g/mol. The van der Waals surface area contributed by atoms with Crippen LogP contribution in [0.1, 0.15) is 40.0 Å². The maximum atomic E-state index is 12.8. The number of piperidine rings is 2. The lowest BCUT2D eigenvalue weighted by molar-refractivity contribution is -0.241. The molecular formula is C17H26N2O3. The molecule has 1 unspecified atom stereocenters. The molecule has 0 aromatic rings. The van der Waals surface area contributed by atoms with Crippen LogP contribution in [-0.2, 0) is 14.3 Å². The molecule has 0 N–H and O–H groups in total. The topological polar surface area (TPSA) is 49.9 Å². The first-order valence-electron chi connectivity index (χ1n) is 8.57. The lowest BCUT2D eigenvalue weighted by Crippen LogP contribution is -2.84. The smallest absolute Gasteiger partial charge is 0.312 e. The highest BCUT2D eigenvalue weighted by Gasteiger charge is 2.70. The molecule has 0 aromatic carbocycles. The maximum Gasteiger partial charge on any atom is 0.312 e. The summed E-state index contributed by atoms with van der Waals surface area (Å²) in [6, 6.07) is 0. The quantitative estimate of drug-likeness (QED) is 0.719. The first-order chi connectivity index (χ1) is 10.4. The van der Waals surface area contributed by atoms with Crippen molar-refractivity contribution in [3.05, 3.63) is 0 Å². The second-order valence-electron chi connectivity index (χ2n) is 8.24. The van der Waals surface area contributed by atoms with Crippen LogP contribution < -0.4 is 0 Å². The van der Waals surface area contributed by atoms with Crippen LogP contribution in [0.2, 0.25) is 0 Å². The molecule has 5 aliphatic rings. The zero-order valence-corrected chi connectivity index (χ0v) is 13.9. The number of Topliss-reactive ketones (excluding diaryl/α,β-unsaturated/α-hetero) is 1. The fraction of sp³-hybridized carbons (Fsp3) is 0.882. The molecule has 5 nitrogen and oxygen atoms in total. The molecule has 4 saturated heterocycles. The third kappa shape index (κ3) is 1.56. The highest BCUT2D eigenvalue weighted by molar-refractivity contribution is 5.93. The predicted molar refractivity (Wildman–Crippen MR) is 81.1 cm³/mol. The zero-order valence-electron chi connectivity index (χ0n) is 13.9. The predicted octanol–water partition coefficient (Wildman–Crippen LogP) is 1.27. The average Bonchev–Trinajstić information content (AvgIpc) is 2.86. The highest BCUT2D eigenvalue weighted by Crippen LogP contribution is 2.57. The number of nitrogens with zero attached hydrogens (tertiary/aromatic N) is 2. The SMILES string of the molecule is CCOC(=O)C1CCCC12N1CC3(C)CN2CC(C)(C1)C3=O. The number of carbonyl (C=O) groups is 2. The van der Waals surface area contributed by atoms with Gasteiger partial charge in [0.25, 0.3) is 0 Å². The third-order valence-corrected chi connectivity index (χ3v) is 6.52. The van der Waals surface area contributed by atoms with E-state index in [1.54, 1.807) is 0 Å². The van der Waals surface area contributed by atoms with E-state index in [0.29, 0.717) is 12.4 Å². The van der Waals surface area contributed by atoms with Crippen molar-refractivity contribution in [1.82, 2.24) is 9.80 Å². The van der Waals surface area contributed by atoms with Gasteiger partial charge in [0.05, 0.1) is 29.0 Å². The molecule has 0 aromatic heterocycles. The van der Waals surface area contributed by atoms with E-state index in [1.165, 1.54) is 0 Å². The van der Waals surface area contributed by atoms with Crippen LogP contribution in [0, 0.1) is 16.7 Å². The highest BCUT2D eigenvalue weighted by atomic mass is 16.5. The number of hydrogen-bond acceptors (Lipinski definition) is 5. The first-order valence-corrected chi connectivity index (χ1v) is 8.57. The fourth-order valence-corrected chi connectivity index (χ4v) is 5.94. The normalized spacial score (nSPS) is 52.5. The Kier molecular flexibility index (Phi) is 2.88. The third-order valence-electron chi connectivity index (χ3n) is 6.52. The van der Waals surface area contributed by atoms with Gasteiger partial charge in [0.15, 0.2) is 0 Å². The van der Waals surface area contributed by atoms with Crippen LogP contribution in [0.3, 0.4) is 0 Å². The Morgan fingerprint density at radius 3 is 2.23 bits per heavy atom. The van der Waals surface area contributed by atoms with E-state index in [0.717, 1.165) is 45.4 Å². The fourth-order valence-electron chi connectivity index (χ4n) is 5.94. The van der Waals surface area contributed by atoms with Crippen LogP contribution in [0.25, 0.3) is 0 Å². The maximum absolute atomic E-state index is 12.8. The summed E-state index contributed by atoms with van der Waals surface area (Å²) in [6.45, 7) is 9.72. The van der Waals surface area contributed by atoms with Crippen molar-refractivity contribution in [1.29, 1.82) is 0 Å². The van der Waals surface area contributed by atoms with Crippen molar-refractivity contribution in [2.24, 2.45) is 16.7 Å². The average molecular weight is 306 g/mol. The van der Waals surface area contributed by atoms with E-state index in [-0.39, 0.29) is 28.4 Å². The van der Waals surface area contributed by atoms with E-state index in [4.69, 9.17) is 4.74 Å². The van der Waals surface area contributed by atoms with Gasteiger partial charge in [-0.05, 0) is 26.2 Å². The summed E-state index contributed by atoms with van der Waals surface area (Å²) in [5, 5.41) is 0. The van der Waals surface area contributed by atoms with E-state index in [2.05, 4.69) is 23.6 Å². The van der Waals surface area contributed by atoms with Crippen LogP contribution in [0.5, 0.6) is 0 Å². The molecule has 1 atom stereocenters. The largest absolute Gasteiger partial charge is 0.466 e. The summed E-state index contributed by atoms with van der Waals surface area (Å²) in [7, 11) is 0. The van der Waals surface area contributed by atoms with Crippen LogP contribution in [-0.4, -0.2) is 60.0 Å². The van der Waals surface area contributed by atoms with E-state index >= 15 is 0 Å². The molecule has 1 spiro atoms. The Labute approximate surface area is 132 Å². The van der Waals surface area contributed by atoms with Gasteiger partial charge in [-0.15, -0.1) is 0 Å². The van der Waals surface area contributed by atoms with Gasteiger partial charge in [-0.3, -0.25) is 19.4 Å². The standard InChI is InChI=1S/C17H26N2O3/c1-4-22-13(20)12-6-5-7-17(12)18-8-15(2)9-19(17)11-16(3,10-18)14(15)21/h12H,4-11H2,1-3H3. The Hall–Kier alpha value is -0.940. The molecule has 4 aliphatic heterocycles. The van der Waals surface area contributed by atoms with Crippen molar-refractivity contribution in [2.75, 3.05) is 32.8 Å². The van der Waals surface area contributed by atoms with Gasteiger partial charge in [0.1, 0.15) is 5.78 Å². The number of esters is 1. The van der Waals surface area contributed by atoms with Gasteiger partial charge in [-0.1, -0.05) is 13.8 Å². The molecule has 22 heavy (non-hydrogen) atoms. The summed E-state index contributed by atoms with van der Waals surface area (Å²) in [4.78, 5) is 30.2. The molecule has 4 bridgehead atoms. The van der Waals surface area contributed by atoms with Gasteiger partial charge >= 0.3 is 5.97 Å². The minimum Gasteiger partial charge on any atom is -0.466 e. The second kappa shape index (κ2) is 4.32. The number of ether oxygens (including phenoxy) is 1. The number of hydrogen-bond donors (Lipinski definition) is 0. The molecule has 5 fully saturated rings. The number of carbonyl (C=O) groups excluding carboxylic acids is 2. The van der Waals surface area contributed by atoms with Crippen molar-refractivity contribution in [3.63, 3.8) is 0 Å². The minimum atomic E-state index is -0.266. The van der Waals surface area contributed by atoms with Gasteiger partial charge in [0, 0.05) is 26.2 Å². The van der Waals surface area contributed by atoms with E-state index in [1.807, 2.05) is 6.92 Å². The first kappa shape index (κ1) is 14.6. The zero-order chi connectivity index (χ0) is 15.8. The van der Waals surface area contributed by atoms with Crippen molar-refractivity contribution in [2.45, 2.75) is 45.7 Å². The molecule has 1 saturated carbocycles. The summed E-state index contributed by atoms with van der Waals surface area (Å²) in [6.07, 6.45) is 3.00. The van der Waals surface area contributed by atoms with Crippen molar-refractivity contribution < 1.29 is 14.3 Å². The lowest BCUT2D eigenvalue weighted by Gasteiger charge is -2.70. The Balaban J connectivity index is 1.73. The molecule has 5 heteroatoms. The van der Waals surface area contributed by atoms with E-state index in [9.17, 15) is 9.59 Å². The molecule has 0 radical (unpaired) electrons. The molecule has 1 aliphatic carbocycles. The van der Waals surface area contributed by atoms with E-state index < -0.39 is 0 Å². The molecule has 4 heterocycles. The molecular weight excluding hydrogens is 280 g/mol.